The number of hydrogen-bond acceptors (Lipinski definition) is 11. The fourth-order valence-corrected chi connectivity index (χ4v) is 2.88. The van der Waals surface area contributed by atoms with Gasteiger partial charge in [0.1, 0.15) is 24.0 Å². The number of nitrogens with one attached hydrogen (secondary N) is 2. The van der Waals surface area contributed by atoms with Gasteiger partial charge in [-0.2, -0.15) is 12.6 Å². The summed E-state index contributed by atoms with van der Waals surface area (Å²) in [5.41, 5.74) is 3.59. The Hall–Kier alpha value is -1.52. The molecule has 0 aromatic heterocycles. The molecule has 1 aliphatic heterocycles. The molecule has 0 aromatic rings. The van der Waals surface area contributed by atoms with E-state index in [-0.39, 0.29) is 6.42 Å². The Morgan fingerprint density at radius 1 is 1.28 bits per heavy atom. The van der Waals surface area contributed by atoms with E-state index in [0.29, 0.717) is 12.2 Å². The zero-order valence-corrected chi connectivity index (χ0v) is 16.3. The molecule has 0 saturated carbocycles. The van der Waals surface area contributed by atoms with E-state index in [0.717, 1.165) is 0 Å². The fraction of sp³-hybridized carbons (Fsp3) is 0.800. The van der Waals surface area contributed by atoms with Gasteiger partial charge in [-0.3, -0.25) is 9.59 Å². The minimum absolute atomic E-state index is 0.117. The number of rotatable bonds is 10. The zero-order chi connectivity index (χ0) is 22.4. The highest BCUT2D eigenvalue weighted by Crippen LogP contribution is 2.34. The molecule has 1 heterocycles. The number of nitrogens with two attached hydrogens (primary N) is 1. The maximum Gasteiger partial charge on any atom is 0.364 e. The third kappa shape index (κ3) is 6.23. The molecule has 1 fully saturated rings. The van der Waals surface area contributed by atoms with Gasteiger partial charge in [0.2, 0.25) is 11.8 Å². The summed E-state index contributed by atoms with van der Waals surface area (Å²) in [5.74, 6) is -5.79. The van der Waals surface area contributed by atoms with Crippen LogP contribution in [0.5, 0.6) is 0 Å². The number of aliphatic carboxylic acids is 1. The molecule has 1 saturated heterocycles. The average Bonchev–Trinajstić information content (AvgIpc) is 2.66. The molecule has 0 spiro atoms. The van der Waals surface area contributed by atoms with E-state index >= 15 is 0 Å². The van der Waals surface area contributed by atoms with E-state index in [1.165, 1.54) is 0 Å². The minimum Gasteiger partial charge on any atom is -0.477 e. The third-order valence-electron chi connectivity index (χ3n) is 4.40. The van der Waals surface area contributed by atoms with Gasteiger partial charge in [0.25, 0.3) is 5.79 Å². The second kappa shape index (κ2) is 10.5. The first-order valence-electron chi connectivity index (χ1n) is 8.67. The van der Waals surface area contributed by atoms with Gasteiger partial charge in [-0.1, -0.05) is 0 Å². The van der Waals surface area contributed by atoms with Crippen molar-refractivity contribution in [2.75, 3.05) is 18.9 Å². The van der Waals surface area contributed by atoms with Crippen LogP contribution in [0.15, 0.2) is 0 Å². The molecule has 29 heavy (non-hydrogen) atoms. The Morgan fingerprint density at radius 3 is 2.41 bits per heavy atom. The fourth-order valence-electron chi connectivity index (χ4n) is 2.72. The van der Waals surface area contributed by atoms with Crippen LogP contribution < -0.4 is 16.4 Å². The second-order valence-corrected chi connectivity index (χ2v) is 7.12. The molecular formula is C15H27N3O10S. The van der Waals surface area contributed by atoms with Gasteiger partial charge < -0.3 is 51.7 Å². The van der Waals surface area contributed by atoms with Crippen molar-refractivity contribution in [2.24, 2.45) is 5.73 Å². The summed E-state index contributed by atoms with van der Waals surface area (Å²) < 4.78 is 4.93. The van der Waals surface area contributed by atoms with Gasteiger partial charge in [0, 0.05) is 12.8 Å². The Bertz CT molecular complexity index is 611. The topological polar surface area (TPSA) is 232 Å². The molecule has 0 radical (unpaired) electrons. The first-order chi connectivity index (χ1) is 13.4. The lowest BCUT2D eigenvalue weighted by Gasteiger charge is -2.50. The number of carboxylic acids is 1. The van der Waals surface area contributed by atoms with Crippen LogP contribution in [0.4, 0.5) is 0 Å². The highest BCUT2D eigenvalue weighted by molar-refractivity contribution is 7.80. The molecule has 0 aromatic carbocycles. The summed E-state index contributed by atoms with van der Waals surface area (Å²) >= 11 is 3.95. The van der Waals surface area contributed by atoms with Gasteiger partial charge in [-0.05, 0) is 12.2 Å². The Kier molecular flexibility index (Phi) is 9.23. The molecule has 168 valence electrons. The lowest BCUT2D eigenvalue weighted by atomic mass is 9.83. The average molecular weight is 441 g/mol. The third-order valence-corrected chi connectivity index (χ3v) is 4.72. The van der Waals surface area contributed by atoms with Crippen molar-refractivity contribution in [3.05, 3.63) is 0 Å². The molecule has 2 amide bonds. The van der Waals surface area contributed by atoms with Crippen LogP contribution in [-0.4, -0.2) is 103 Å². The van der Waals surface area contributed by atoms with Crippen molar-refractivity contribution < 1.29 is 49.8 Å². The molecule has 14 heteroatoms. The Morgan fingerprint density at radius 2 is 1.90 bits per heavy atom. The molecule has 10 N–H and O–H groups in total. The maximum atomic E-state index is 12.2. The SMILES string of the molecule is N[C@]1(NC(=O)CNC(=O)CCCS)[C@@H](O)C[C@@](O)(C(=O)O)O[C@H]1[C@H](O)[C@H](O)CO. The van der Waals surface area contributed by atoms with E-state index in [9.17, 15) is 34.8 Å². The van der Waals surface area contributed by atoms with Crippen LogP contribution >= 0.6 is 12.6 Å². The van der Waals surface area contributed by atoms with Crippen LogP contribution in [-0.2, 0) is 19.1 Å². The molecule has 0 bridgehead atoms. The number of carboxylic acid groups (broad SMARTS) is 1. The normalized spacial score (nSPS) is 31.6. The van der Waals surface area contributed by atoms with E-state index < -0.39 is 73.2 Å². The Labute approximate surface area is 171 Å². The van der Waals surface area contributed by atoms with Gasteiger partial charge in [0.05, 0.1) is 19.3 Å². The van der Waals surface area contributed by atoms with Crippen LogP contribution in [0, 0.1) is 0 Å². The lowest BCUT2D eigenvalue weighted by Crippen LogP contribution is -2.79. The van der Waals surface area contributed by atoms with E-state index in [2.05, 4.69) is 23.3 Å². The van der Waals surface area contributed by atoms with Crippen molar-refractivity contribution in [3.63, 3.8) is 0 Å². The molecule has 0 unspecified atom stereocenters. The maximum absolute atomic E-state index is 12.2. The number of ether oxygens (including phenoxy) is 1. The van der Waals surface area contributed by atoms with E-state index in [4.69, 9.17) is 20.7 Å². The molecule has 0 aliphatic carbocycles. The highest BCUT2D eigenvalue weighted by Gasteiger charge is 2.60. The highest BCUT2D eigenvalue weighted by atomic mass is 32.1. The lowest BCUT2D eigenvalue weighted by molar-refractivity contribution is -0.311. The molecule has 1 rings (SSSR count). The number of carbonyl (C=O) groups is 3. The summed E-state index contributed by atoms with van der Waals surface area (Å²) in [4.78, 5) is 35.0. The first-order valence-corrected chi connectivity index (χ1v) is 9.30. The standard InChI is InChI=1S/C15H27N3O10S/c16-15(18-10(23)5-17-9(22)2-1-3-29)8(21)4-14(27,13(25)26)28-12(15)11(24)7(20)6-19/h7-8,11-12,19-21,24,27,29H,1-6,16H2,(H,17,22)(H,18,23)(H,25,26)/t7-,8+,11-,12+,14+,15+/m1/s1. The number of amides is 2. The largest absolute Gasteiger partial charge is 0.477 e. The van der Waals surface area contributed by atoms with Crippen LogP contribution in [0.3, 0.4) is 0 Å². The van der Waals surface area contributed by atoms with Crippen LogP contribution in [0.25, 0.3) is 0 Å². The van der Waals surface area contributed by atoms with Gasteiger partial charge in [-0.25, -0.2) is 4.79 Å². The van der Waals surface area contributed by atoms with Crippen LogP contribution in [0.2, 0.25) is 0 Å². The quantitative estimate of drug-likeness (QED) is 0.114. The monoisotopic (exact) mass is 441 g/mol. The molecule has 1 aliphatic rings. The predicted molar refractivity (Wildman–Crippen MR) is 98.3 cm³/mol. The Balaban J connectivity index is 3.01. The smallest absolute Gasteiger partial charge is 0.364 e. The first kappa shape index (κ1) is 25.5. The van der Waals surface area contributed by atoms with Crippen molar-refractivity contribution in [3.8, 4) is 0 Å². The summed E-state index contributed by atoms with van der Waals surface area (Å²) in [6.45, 7) is -1.56. The van der Waals surface area contributed by atoms with Gasteiger partial charge in [0.15, 0.2) is 0 Å². The number of aliphatic hydroxyl groups excluding tert-OH is 4. The number of hydrogen-bond donors (Lipinski definition) is 10. The van der Waals surface area contributed by atoms with E-state index in [1.54, 1.807) is 0 Å². The summed E-state index contributed by atoms with van der Waals surface area (Å²) in [6, 6.07) is 0. The summed E-state index contributed by atoms with van der Waals surface area (Å²) in [6.07, 6.45) is -8.38. The van der Waals surface area contributed by atoms with Crippen molar-refractivity contribution in [2.45, 2.75) is 55.1 Å². The zero-order valence-electron chi connectivity index (χ0n) is 15.4. The van der Waals surface area contributed by atoms with Gasteiger partial charge >= 0.3 is 5.97 Å². The minimum atomic E-state index is -2.98. The van der Waals surface area contributed by atoms with Crippen molar-refractivity contribution >= 4 is 30.4 Å². The van der Waals surface area contributed by atoms with Crippen molar-refractivity contribution in [1.82, 2.24) is 10.6 Å². The second-order valence-electron chi connectivity index (χ2n) is 6.67. The van der Waals surface area contributed by atoms with E-state index in [1.807, 2.05) is 0 Å². The molecular weight excluding hydrogens is 414 g/mol. The molecule has 6 atom stereocenters. The van der Waals surface area contributed by atoms with Crippen molar-refractivity contribution in [1.29, 1.82) is 0 Å². The number of thiol groups is 1. The summed E-state index contributed by atoms with van der Waals surface area (Å²) in [7, 11) is 0. The number of carbonyl (C=O) groups excluding carboxylic acids is 2. The summed E-state index contributed by atoms with van der Waals surface area (Å²) in [5, 5.41) is 62.8. The van der Waals surface area contributed by atoms with Gasteiger partial charge in [-0.15, -0.1) is 0 Å². The predicted octanol–water partition coefficient (Wildman–Crippen LogP) is -4.78. The number of aliphatic hydroxyl groups is 5. The van der Waals surface area contributed by atoms with Crippen LogP contribution in [0.1, 0.15) is 19.3 Å². The molecule has 13 nitrogen and oxygen atoms in total.